The lowest BCUT2D eigenvalue weighted by Crippen LogP contribution is -2.20. The molecule has 0 unspecified atom stereocenters. The van der Waals surface area contributed by atoms with Gasteiger partial charge in [-0.05, 0) is 63.0 Å². The normalized spacial score (nSPS) is 18.0. The summed E-state index contributed by atoms with van der Waals surface area (Å²) in [6.07, 6.45) is 0. The predicted molar refractivity (Wildman–Crippen MR) is 115 cm³/mol. The van der Waals surface area contributed by atoms with Crippen LogP contribution in [0.1, 0.15) is 61.6 Å². The van der Waals surface area contributed by atoms with Gasteiger partial charge in [0.05, 0.1) is 11.4 Å². The maximum absolute atomic E-state index is 13.4. The Kier molecular flexibility index (Phi) is 3.06. The van der Waals surface area contributed by atoms with Crippen molar-refractivity contribution in [2.24, 2.45) is 0 Å². The van der Waals surface area contributed by atoms with Gasteiger partial charge in [-0.2, -0.15) is 0 Å². The van der Waals surface area contributed by atoms with Crippen LogP contribution in [0.5, 0.6) is 0 Å². The van der Waals surface area contributed by atoms with Crippen molar-refractivity contribution in [3.05, 3.63) is 56.4 Å². The monoisotopic (exact) mass is 458 g/mol. The quantitative estimate of drug-likeness (QED) is 0.534. The van der Waals surface area contributed by atoms with Crippen molar-refractivity contribution in [3.8, 4) is 0 Å². The fourth-order valence-electron chi connectivity index (χ4n) is 2.59. The third kappa shape index (κ3) is 4.14. The molecule has 0 saturated heterocycles. The van der Waals surface area contributed by atoms with Gasteiger partial charge in [0.2, 0.25) is 5.88 Å². The number of benzene rings is 1. The van der Waals surface area contributed by atoms with Crippen LogP contribution in [-0.2, 0) is 10.0 Å². The first-order valence-corrected chi connectivity index (χ1v) is 10.4. The number of thiophene rings is 1. The summed E-state index contributed by atoms with van der Waals surface area (Å²) in [5.74, 6) is -3.92. The van der Waals surface area contributed by atoms with Gasteiger partial charge >= 0.3 is 0 Å². The van der Waals surface area contributed by atoms with E-state index < -0.39 is 85.1 Å². The summed E-state index contributed by atoms with van der Waals surface area (Å²) < 4.78 is 115. The third-order valence-corrected chi connectivity index (χ3v) is 6.22. The van der Waals surface area contributed by atoms with Gasteiger partial charge in [-0.15, -0.1) is 11.3 Å². The second kappa shape index (κ2) is 8.04. The lowest BCUT2D eigenvalue weighted by Gasteiger charge is -2.14. The van der Waals surface area contributed by atoms with Crippen LogP contribution < -0.4 is 10.0 Å². The molecule has 0 atom stereocenters. The second-order valence-electron chi connectivity index (χ2n) is 6.12. The molecule has 0 radical (unpaired) electrons. The number of carbonyl (C=O) groups excluding carboxylic acids is 2. The highest BCUT2D eigenvalue weighted by molar-refractivity contribution is 7.93. The zero-order valence-electron chi connectivity index (χ0n) is 26.5. The van der Waals surface area contributed by atoms with E-state index in [0.29, 0.717) is 16.9 Å². The maximum Gasteiger partial charge on any atom is 0.267 e. The maximum atomic E-state index is 13.4. The average Bonchev–Trinajstić information content (AvgIpc) is 3.49. The van der Waals surface area contributed by atoms with E-state index in [-0.39, 0.29) is 10.9 Å². The molecule has 0 bridgehead atoms. The fourth-order valence-corrected chi connectivity index (χ4v) is 4.81. The topological polar surface area (TPSA) is 118 Å². The van der Waals surface area contributed by atoms with Gasteiger partial charge in [0.15, 0.2) is 8.61 Å². The number of nitrogens with one attached hydrogen (secondary N) is 2. The van der Waals surface area contributed by atoms with E-state index >= 15 is 0 Å². The molecule has 0 aliphatic carbocycles. The van der Waals surface area contributed by atoms with Gasteiger partial charge in [-0.3, -0.25) is 9.59 Å². The van der Waals surface area contributed by atoms with Crippen LogP contribution in [0.15, 0.2) is 33.0 Å². The Morgan fingerprint density at radius 2 is 2.07 bits per heavy atom. The summed E-state index contributed by atoms with van der Waals surface area (Å²) in [4.78, 5) is 24.5. The lowest BCUT2D eigenvalue weighted by atomic mass is 10.0. The van der Waals surface area contributed by atoms with Crippen LogP contribution in [0.25, 0.3) is 0 Å². The number of Topliss-reactive ketones (excluding diaryl/α,β-unsaturated/α-hetero) is 1. The average molecular weight is 459 g/mol. The zero-order valence-corrected chi connectivity index (χ0v) is 17.1. The minimum atomic E-state index is -5.17. The Hall–Kier alpha value is -2.98. The Morgan fingerprint density at radius 1 is 1.27 bits per heavy atom. The van der Waals surface area contributed by atoms with Crippen molar-refractivity contribution < 1.29 is 37.7 Å². The van der Waals surface area contributed by atoms with E-state index in [1.165, 1.54) is 19.1 Å². The molecule has 30 heavy (non-hydrogen) atoms. The van der Waals surface area contributed by atoms with Gasteiger partial charge in [-0.1, -0.05) is 11.2 Å². The Morgan fingerprint density at radius 3 is 2.77 bits per heavy atom. The lowest BCUT2D eigenvalue weighted by molar-refractivity contribution is 0.101. The molecule has 8 nitrogen and oxygen atoms in total. The van der Waals surface area contributed by atoms with E-state index in [1.807, 2.05) is 0 Å². The van der Waals surface area contributed by atoms with Crippen LogP contribution in [-0.4, -0.2) is 25.3 Å². The van der Waals surface area contributed by atoms with Crippen molar-refractivity contribution in [1.29, 1.82) is 0 Å². The SMILES string of the molecule is [2H]N(C(=O)c1sccc1S(=O)(=O)N([2H])c1onc(C([2H])([2H])[2H])c1C([2H])([2H])[2H])c1c(C)cc(C)cc1C(=O)C([2H])([2H])[2H]. The number of ketones is 1. The first-order valence-electron chi connectivity index (χ1n) is 13.5. The number of sulfonamides is 1. The minimum Gasteiger partial charge on any atom is -0.337 e. The summed E-state index contributed by atoms with van der Waals surface area (Å²) >= 11 is 0.524. The number of aryl methyl sites for hydroxylation is 3. The van der Waals surface area contributed by atoms with Crippen molar-refractivity contribution >= 4 is 44.6 Å². The molecular formula is C20H21N3O5S2. The van der Waals surface area contributed by atoms with E-state index in [0.717, 1.165) is 11.4 Å². The molecule has 2 N–H and O–H groups in total. The summed E-state index contributed by atoms with van der Waals surface area (Å²) in [5, 5.41) is 4.43. The van der Waals surface area contributed by atoms with Gasteiger partial charge in [0, 0.05) is 23.5 Å². The van der Waals surface area contributed by atoms with Crippen LogP contribution in [0.3, 0.4) is 0 Å². The molecule has 0 spiro atoms. The molecule has 3 aromatic rings. The molecule has 158 valence electrons. The Balaban J connectivity index is 2.13. The smallest absolute Gasteiger partial charge is 0.267 e. The molecule has 0 aliphatic heterocycles. The number of anilines is 2. The summed E-state index contributed by atoms with van der Waals surface area (Å²) in [7, 11) is -5.17. The minimum absolute atomic E-state index is 0.155. The Labute approximate surface area is 193 Å². The molecule has 0 saturated carbocycles. The van der Waals surface area contributed by atoms with Crippen molar-refractivity contribution in [3.63, 3.8) is 0 Å². The van der Waals surface area contributed by atoms with Crippen molar-refractivity contribution in [1.82, 2.24) is 5.16 Å². The molecule has 10 heteroatoms. The van der Waals surface area contributed by atoms with Crippen molar-refractivity contribution in [2.45, 2.75) is 39.3 Å². The number of hydrogen-bond acceptors (Lipinski definition) is 7. The summed E-state index contributed by atoms with van der Waals surface area (Å²) in [6.45, 7) is -6.56. The Bertz CT molecular complexity index is 1620. The van der Waals surface area contributed by atoms with Crippen molar-refractivity contribution in [2.75, 3.05) is 10.0 Å². The predicted octanol–water partition coefficient (Wildman–Crippen LogP) is 4.23. The van der Waals surface area contributed by atoms with Gasteiger partial charge < -0.3 is 9.83 Å². The zero-order chi connectivity index (χ0) is 31.5. The molecule has 1 aromatic carbocycles. The van der Waals surface area contributed by atoms with E-state index in [9.17, 15) is 18.0 Å². The first kappa shape index (κ1) is 11.4. The van der Waals surface area contributed by atoms with Crippen LogP contribution >= 0.6 is 11.3 Å². The van der Waals surface area contributed by atoms with Gasteiger partial charge in [0.1, 0.15) is 9.77 Å². The van der Waals surface area contributed by atoms with E-state index in [1.54, 1.807) is 6.92 Å². The molecule has 3 rings (SSSR count). The van der Waals surface area contributed by atoms with Gasteiger partial charge in [-0.25, -0.2) is 13.1 Å². The fraction of sp³-hybridized carbons (Fsp3) is 0.250. The summed E-state index contributed by atoms with van der Waals surface area (Å²) in [5.41, 5.74) is -2.51. The van der Waals surface area contributed by atoms with E-state index in [2.05, 4.69) is 9.68 Å². The number of nitrogens with zero attached hydrogens (tertiary/aromatic N) is 1. The molecule has 2 heterocycles. The number of amides is 1. The van der Waals surface area contributed by atoms with Gasteiger partial charge in [0.25, 0.3) is 15.9 Å². The molecular weight excluding hydrogens is 426 g/mol. The number of aromatic nitrogens is 1. The molecule has 0 aliphatic rings. The molecule has 0 fully saturated rings. The van der Waals surface area contributed by atoms with Crippen LogP contribution in [0, 0.1) is 27.6 Å². The standard InChI is InChI=1S/C20H21N3O5S2/c1-10-8-11(2)17(15(9-10)14(5)24)21-19(25)18-16(6-7-29-18)30(26,27)23-20-12(3)13(4)22-28-20/h6-9,23H,1-5H3,(H,21,25)/i3D3,4D3,5D3/hD2. The highest BCUT2D eigenvalue weighted by atomic mass is 32.2. The van der Waals surface area contributed by atoms with Crippen LogP contribution in [0.4, 0.5) is 11.6 Å². The van der Waals surface area contributed by atoms with E-state index in [4.69, 9.17) is 15.2 Å². The highest BCUT2D eigenvalue weighted by Gasteiger charge is 2.27. The molecule has 1 amide bonds. The van der Waals surface area contributed by atoms with Crippen LogP contribution in [0.2, 0.25) is 2.82 Å². The summed E-state index contributed by atoms with van der Waals surface area (Å²) in [6, 6.07) is 3.53. The second-order valence-corrected chi connectivity index (χ2v) is 8.60. The highest BCUT2D eigenvalue weighted by Crippen LogP contribution is 2.29. The number of rotatable bonds is 6. The largest absolute Gasteiger partial charge is 0.337 e. The number of hydrogen-bond donors (Lipinski definition) is 2. The first-order chi connectivity index (χ1) is 18.5. The number of carbonyl (C=O) groups is 2. The molecule has 2 aromatic heterocycles. The third-order valence-electron chi connectivity index (χ3n) is 3.88.